The van der Waals surface area contributed by atoms with E-state index in [1.54, 1.807) is 18.7 Å². The summed E-state index contributed by atoms with van der Waals surface area (Å²) in [5.41, 5.74) is 0.868. The van der Waals surface area contributed by atoms with Crippen molar-refractivity contribution in [3.05, 3.63) is 24.8 Å². The maximum atomic E-state index is 12.3. The fourth-order valence-electron chi connectivity index (χ4n) is 4.39. The Bertz CT molecular complexity index is 753. The molecule has 3 heterocycles. The van der Waals surface area contributed by atoms with Crippen LogP contribution in [0.5, 0.6) is 0 Å². The number of carbonyl (C=O) groups excluding carboxylic acids is 1. The van der Waals surface area contributed by atoms with Gasteiger partial charge in [-0.25, -0.2) is 9.97 Å². The van der Waals surface area contributed by atoms with E-state index in [1.165, 1.54) is 32.1 Å². The highest BCUT2D eigenvalue weighted by atomic mass is 16.1. The van der Waals surface area contributed by atoms with Gasteiger partial charge in [-0.05, 0) is 44.1 Å². The molecule has 0 aromatic carbocycles. The zero-order chi connectivity index (χ0) is 17.8. The van der Waals surface area contributed by atoms with Crippen LogP contribution in [0.4, 0.5) is 5.82 Å². The molecule has 0 spiro atoms. The van der Waals surface area contributed by atoms with E-state index in [1.807, 2.05) is 6.07 Å². The Hall–Kier alpha value is -2.24. The number of piperidine rings is 1. The maximum Gasteiger partial charge on any atom is 0.220 e. The highest BCUT2D eigenvalue weighted by Gasteiger charge is 2.26. The van der Waals surface area contributed by atoms with Crippen molar-refractivity contribution in [3.63, 3.8) is 0 Å². The molecule has 2 fully saturated rings. The summed E-state index contributed by atoms with van der Waals surface area (Å²) in [7, 11) is 0. The smallest absolute Gasteiger partial charge is 0.220 e. The number of anilines is 1. The van der Waals surface area contributed by atoms with Crippen LogP contribution in [0.3, 0.4) is 0 Å². The van der Waals surface area contributed by atoms with Crippen LogP contribution >= 0.6 is 0 Å². The van der Waals surface area contributed by atoms with Crippen LogP contribution in [-0.4, -0.2) is 40.0 Å². The van der Waals surface area contributed by atoms with Crippen molar-refractivity contribution in [2.45, 2.75) is 57.4 Å². The first-order valence-corrected chi connectivity index (χ1v) is 9.89. The lowest BCUT2D eigenvalue weighted by atomic mass is 10.0. The second-order valence-corrected chi connectivity index (χ2v) is 7.59. The lowest BCUT2D eigenvalue weighted by Crippen LogP contribution is -2.47. The highest BCUT2D eigenvalue weighted by molar-refractivity contribution is 5.88. The average Bonchev–Trinajstić information content (AvgIpc) is 3.19. The third kappa shape index (κ3) is 3.79. The fourth-order valence-corrected chi connectivity index (χ4v) is 4.39. The van der Waals surface area contributed by atoms with E-state index in [9.17, 15) is 4.79 Å². The van der Waals surface area contributed by atoms with Gasteiger partial charge in [-0.1, -0.05) is 12.8 Å². The van der Waals surface area contributed by atoms with Crippen molar-refractivity contribution in [3.8, 4) is 0 Å². The Morgan fingerprint density at radius 3 is 2.88 bits per heavy atom. The first kappa shape index (κ1) is 17.2. The van der Waals surface area contributed by atoms with E-state index >= 15 is 0 Å². The number of carbonyl (C=O) groups is 1. The molecule has 6 nitrogen and oxygen atoms in total. The van der Waals surface area contributed by atoms with Crippen LogP contribution < -0.4 is 10.2 Å². The molecule has 1 saturated carbocycles. The summed E-state index contributed by atoms with van der Waals surface area (Å²) in [6.45, 7) is 1.67. The summed E-state index contributed by atoms with van der Waals surface area (Å²) in [5.74, 6) is 1.77. The van der Waals surface area contributed by atoms with Gasteiger partial charge in [0.2, 0.25) is 5.91 Å². The summed E-state index contributed by atoms with van der Waals surface area (Å²) in [6.07, 6.45) is 14.3. The molecular formula is C20H27N5O. The van der Waals surface area contributed by atoms with E-state index in [0.29, 0.717) is 24.9 Å². The molecule has 1 aliphatic carbocycles. The summed E-state index contributed by atoms with van der Waals surface area (Å²) in [4.78, 5) is 27.7. The standard InChI is InChI=1S/C20H27N5O/c26-19(11-15-5-1-2-6-15)22-12-16-7-3-4-10-25(16)20-17-8-9-21-13-18(17)23-14-24-20/h8-9,13-16H,1-7,10-12H2,(H,22,26). The van der Waals surface area contributed by atoms with Crippen LogP contribution in [-0.2, 0) is 4.79 Å². The van der Waals surface area contributed by atoms with E-state index in [4.69, 9.17) is 0 Å². The largest absolute Gasteiger partial charge is 0.354 e. The highest BCUT2D eigenvalue weighted by Crippen LogP contribution is 2.29. The predicted octanol–water partition coefficient (Wildman–Crippen LogP) is 3.08. The van der Waals surface area contributed by atoms with Gasteiger partial charge in [0.25, 0.3) is 0 Å². The molecule has 1 aliphatic heterocycles. The SMILES string of the molecule is O=C(CC1CCCC1)NCC1CCCCN1c1ncnc2cnccc12. The molecule has 138 valence electrons. The van der Waals surface area contributed by atoms with Gasteiger partial charge in [0, 0.05) is 37.1 Å². The molecule has 0 bridgehead atoms. The number of amides is 1. The number of rotatable bonds is 5. The van der Waals surface area contributed by atoms with Gasteiger partial charge in [0.15, 0.2) is 0 Å². The first-order chi connectivity index (χ1) is 12.8. The molecule has 1 saturated heterocycles. The summed E-state index contributed by atoms with van der Waals surface area (Å²) >= 11 is 0. The molecule has 1 amide bonds. The molecule has 1 atom stereocenters. The molecule has 2 aromatic heterocycles. The second-order valence-electron chi connectivity index (χ2n) is 7.59. The fraction of sp³-hybridized carbons (Fsp3) is 0.600. The van der Waals surface area contributed by atoms with Gasteiger partial charge < -0.3 is 10.2 Å². The van der Waals surface area contributed by atoms with Gasteiger partial charge in [0.05, 0.1) is 11.7 Å². The molecule has 1 N–H and O–H groups in total. The van der Waals surface area contributed by atoms with Gasteiger partial charge in [-0.2, -0.15) is 0 Å². The normalized spacial score (nSPS) is 21.2. The first-order valence-electron chi connectivity index (χ1n) is 9.89. The van der Waals surface area contributed by atoms with E-state index in [-0.39, 0.29) is 5.91 Å². The van der Waals surface area contributed by atoms with Crippen LogP contribution in [0.2, 0.25) is 0 Å². The minimum Gasteiger partial charge on any atom is -0.354 e. The zero-order valence-electron chi connectivity index (χ0n) is 15.2. The maximum absolute atomic E-state index is 12.3. The zero-order valence-corrected chi connectivity index (χ0v) is 15.2. The van der Waals surface area contributed by atoms with Gasteiger partial charge >= 0.3 is 0 Å². The third-order valence-corrected chi connectivity index (χ3v) is 5.80. The molecule has 26 heavy (non-hydrogen) atoms. The Kier molecular flexibility index (Phi) is 5.27. The van der Waals surface area contributed by atoms with Crippen LogP contribution in [0.15, 0.2) is 24.8 Å². The van der Waals surface area contributed by atoms with Gasteiger partial charge in [-0.3, -0.25) is 9.78 Å². The molecule has 1 unspecified atom stereocenters. The van der Waals surface area contributed by atoms with Crippen molar-refractivity contribution in [2.24, 2.45) is 5.92 Å². The lowest BCUT2D eigenvalue weighted by Gasteiger charge is -2.37. The Morgan fingerprint density at radius 2 is 2.00 bits per heavy atom. The van der Waals surface area contributed by atoms with Crippen molar-refractivity contribution < 1.29 is 4.79 Å². The summed E-state index contributed by atoms with van der Waals surface area (Å²) < 4.78 is 0. The number of hydrogen-bond acceptors (Lipinski definition) is 5. The minimum atomic E-state index is 0.208. The molecule has 4 rings (SSSR count). The van der Waals surface area contributed by atoms with Crippen LogP contribution in [0.1, 0.15) is 51.4 Å². The number of fused-ring (bicyclic) bond motifs is 1. The monoisotopic (exact) mass is 353 g/mol. The quantitative estimate of drug-likeness (QED) is 0.894. The second kappa shape index (κ2) is 7.98. The number of nitrogens with one attached hydrogen (secondary N) is 1. The number of pyridine rings is 1. The van der Waals surface area contributed by atoms with E-state index in [2.05, 4.69) is 25.2 Å². The topological polar surface area (TPSA) is 71.0 Å². The predicted molar refractivity (Wildman–Crippen MR) is 102 cm³/mol. The van der Waals surface area contributed by atoms with Crippen molar-refractivity contribution in [1.82, 2.24) is 20.3 Å². The average molecular weight is 353 g/mol. The van der Waals surface area contributed by atoms with Crippen LogP contribution in [0, 0.1) is 5.92 Å². The number of aromatic nitrogens is 3. The van der Waals surface area contributed by atoms with Crippen LogP contribution in [0.25, 0.3) is 10.9 Å². The van der Waals surface area contributed by atoms with E-state index < -0.39 is 0 Å². The molecule has 6 heteroatoms. The Balaban J connectivity index is 1.45. The third-order valence-electron chi connectivity index (χ3n) is 5.80. The van der Waals surface area contributed by atoms with Gasteiger partial charge in [0.1, 0.15) is 12.1 Å². The molecule has 2 aromatic rings. The molecular weight excluding hydrogens is 326 g/mol. The number of hydrogen-bond donors (Lipinski definition) is 1. The Labute approximate surface area is 154 Å². The number of nitrogens with zero attached hydrogens (tertiary/aromatic N) is 4. The van der Waals surface area contributed by atoms with Crippen molar-refractivity contribution in [1.29, 1.82) is 0 Å². The summed E-state index contributed by atoms with van der Waals surface area (Å²) in [5, 5.41) is 4.22. The Morgan fingerprint density at radius 1 is 1.15 bits per heavy atom. The van der Waals surface area contributed by atoms with E-state index in [0.717, 1.165) is 36.1 Å². The lowest BCUT2D eigenvalue weighted by molar-refractivity contribution is -0.122. The van der Waals surface area contributed by atoms with Gasteiger partial charge in [-0.15, -0.1) is 0 Å². The van der Waals surface area contributed by atoms with Crippen molar-refractivity contribution >= 4 is 22.6 Å². The summed E-state index contributed by atoms with van der Waals surface area (Å²) in [6, 6.07) is 2.28. The molecule has 0 radical (unpaired) electrons. The minimum absolute atomic E-state index is 0.208. The van der Waals surface area contributed by atoms with Crippen molar-refractivity contribution in [2.75, 3.05) is 18.0 Å². The molecule has 2 aliphatic rings.